The normalized spacial score (nSPS) is 16.2. The van der Waals surface area contributed by atoms with E-state index in [0.717, 1.165) is 0 Å². The highest BCUT2D eigenvalue weighted by Crippen LogP contribution is 2.29. The number of rotatable bonds is 4. The molecule has 104 valence electrons. The molecule has 0 saturated heterocycles. The Balaban J connectivity index is 2.26. The van der Waals surface area contributed by atoms with Gasteiger partial charge in [0.15, 0.2) is 6.61 Å². The standard InChI is InChI=1S/C11H14N2O5S/c1-7(14)5-12-19(16,17)8-2-3-10-9(4-8)13-11(15)6-18-10/h2-4,7,12,14H,5-6H2,1H3,(H,13,15)/t7-/m1/s1. The van der Waals surface area contributed by atoms with Crippen LogP contribution in [-0.2, 0) is 14.8 Å². The molecule has 0 fully saturated rings. The van der Waals surface area contributed by atoms with Gasteiger partial charge in [0.1, 0.15) is 5.75 Å². The molecular formula is C11H14N2O5S. The molecule has 1 heterocycles. The van der Waals surface area contributed by atoms with Gasteiger partial charge in [-0.1, -0.05) is 0 Å². The third kappa shape index (κ3) is 3.22. The van der Waals surface area contributed by atoms with Gasteiger partial charge in [0.25, 0.3) is 5.91 Å². The van der Waals surface area contributed by atoms with Gasteiger partial charge in [-0.15, -0.1) is 0 Å². The Morgan fingerprint density at radius 2 is 2.26 bits per heavy atom. The minimum Gasteiger partial charge on any atom is -0.482 e. The number of benzene rings is 1. The van der Waals surface area contributed by atoms with Crippen molar-refractivity contribution in [2.45, 2.75) is 17.9 Å². The molecule has 1 aromatic carbocycles. The van der Waals surface area contributed by atoms with Gasteiger partial charge < -0.3 is 15.2 Å². The smallest absolute Gasteiger partial charge is 0.262 e. The van der Waals surface area contributed by atoms with Gasteiger partial charge in [0.2, 0.25) is 10.0 Å². The first-order valence-electron chi connectivity index (χ1n) is 5.63. The predicted molar refractivity (Wildman–Crippen MR) is 67.4 cm³/mol. The van der Waals surface area contributed by atoms with Crippen LogP contribution in [0.15, 0.2) is 23.1 Å². The summed E-state index contributed by atoms with van der Waals surface area (Å²) in [6, 6.07) is 4.17. The molecule has 0 unspecified atom stereocenters. The summed E-state index contributed by atoms with van der Waals surface area (Å²) in [5.74, 6) is 0.0908. The van der Waals surface area contributed by atoms with Crippen LogP contribution in [0.3, 0.4) is 0 Å². The van der Waals surface area contributed by atoms with E-state index in [1.165, 1.54) is 25.1 Å². The monoisotopic (exact) mass is 286 g/mol. The van der Waals surface area contributed by atoms with Crippen LogP contribution in [0.4, 0.5) is 5.69 Å². The third-order valence-corrected chi connectivity index (χ3v) is 3.88. The Bertz CT molecular complexity index is 597. The minimum absolute atomic E-state index is 0.00213. The fourth-order valence-electron chi connectivity index (χ4n) is 1.54. The highest BCUT2D eigenvalue weighted by molar-refractivity contribution is 7.89. The maximum absolute atomic E-state index is 11.9. The van der Waals surface area contributed by atoms with Crippen LogP contribution in [-0.4, -0.2) is 38.7 Å². The zero-order valence-corrected chi connectivity index (χ0v) is 11.0. The molecule has 0 bridgehead atoms. The lowest BCUT2D eigenvalue weighted by molar-refractivity contribution is -0.118. The van der Waals surface area contributed by atoms with Gasteiger partial charge in [0, 0.05) is 6.54 Å². The van der Waals surface area contributed by atoms with E-state index < -0.39 is 16.1 Å². The third-order valence-electron chi connectivity index (χ3n) is 2.46. The summed E-state index contributed by atoms with van der Waals surface area (Å²) in [4.78, 5) is 11.2. The Labute approximate surface area is 110 Å². The molecule has 1 aliphatic heterocycles. The number of carbonyl (C=O) groups excluding carboxylic acids is 1. The molecule has 0 aromatic heterocycles. The van der Waals surface area contributed by atoms with Crippen molar-refractivity contribution >= 4 is 21.6 Å². The molecule has 0 saturated carbocycles. The SMILES string of the molecule is C[C@@H](O)CNS(=O)(=O)c1ccc2c(c1)NC(=O)CO2. The van der Waals surface area contributed by atoms with Crippen LogP contribution in [0.2, 0.25) is 0 Å². The van der Waals surface area contributed by atoms with Gasteiger partial charge in [-0.2, -0.15) is 0 Å². The molecule has 0 aliphatic carbocycles. The van der Waals surface area contributed by atoms with Gasteiger partial charge in [0.05, 0.1) is 16.7 Å². The fraction of sp³-hybridized carbons (Fsp3) is 0.364. The summed E-state index contributed by atoms with van der Waals surface area (Å²) in [7, 11) is -3.72. The number of fused-ring (bicyclic) bond motifs is 1. The van der Waals surface area contributed by atoms with Crippen molar-refractivity contribution in [2.75, 3.05) is 18.5 Å². The van der Waals surface area contributed by atoms with E-state index in [2.05, 4.69) is 10.0 Å². The van der Waals surface area contributed by atoms with Crippen LogP contribution in [0, 0.1) is 0 Å². The van der Waals surface area contributed by atoms with Crippen molar-refractivity contribution in [3.05, 3.63) is 18.2 Å². The summed E-state index contributed by atoms with van der Waals surface area (Å²) >= 11 is 0. The first kappa shape index (κ1) is 13.8. The maximum Gasteiger partial charge on any atom is 0.262 e. The summed E-state index contributed by atoms with van der Waals surface area (Å²) in [5.41, 5.74) is 0.316. The molecule has 8 heteroatoms. The van der Waals surface area contributed by atoms with Crippen LogP contribution < -0.4 is 14.8 Å². The molecule has 1 amide bonds. The van der Waals surface area contributed by atoms with E-state index in [4.69, 9.17) is 9.84 Å². The number of anilines is 1. The molecule has 0 spiro atoms. The second kappa shape index (κ2) is 5.16. The second-order valence-corrected chi connectivity index (χ2v) is 5.96. The van der Waals surface area contributed by atoms with Gasteiger partial charge >= 0.3 is 0 Å². The molecule has 1 aromatic rings. The van der Waals surface area contributed by atoms with Crippen LogP contribution in [0.1, 0.15) is 6.92 Å². The van der Waals surface area contributed by atoms with Gasteiger partial charge in [-0.25, -0.2) is 13.1 Å². The van der Waals surface area contributed by atoms with Crippen LogP contribution in [0.5, 0.6) is 5.75 Å². The number of aliphatic hydroxyl groups is 1. The zero-order valence-electron chi connectivity index (χ0n) is 10.2. The van der Waals surface area contributed by atoms with E-state index in [1.54, 1.807) is 0 Å². The first-order chi connectivity index (χ1) is 8.88. The second-order valence-electron chi connectivity index (χ2n) is 4.20. The van der Waals surface area contributed by atoms with E-state index in [1.807, 2.05) is 0 Å². The number of amides is 1. The van der Waals surface area contributed by atoms with E-state index >= 15 is 0 Å². The van der Waals surface area contributed by atoms with E-state index in [-0.39, 0.29) is 24.0 Å². The number of hydrogen-bond donors (Lipinski definition) is 3. The van der Waals surface area contributed by atoms with Crippen molar-refractivity contribution in [3.63, 3.8) is 0 Å². The molecule has 2 rings (SSSR count). The van der Waals surface area contributed by atoms with E-state index in [9.17, 15) is 13.2 Å². The number of ether oxygens (including phenoxy) is 1. The molecule has 0 radical (unpaired) electrons. The van der Waals surface area contributed by atoms with Crippen LogP contribution >= 0.6 is 0 Å². The summed E-state index contributed by atoms with van der Waals surface area (Å²) in [6.07, 6.45) is -0.782. The van der Waals surface area contributed by atoms with Gasteiger partial charge in [-0.3, -0.25) is 4.79 Å². The molecule has 7 nitrogen and oxygen atoms in total. The van der Waals surface area contributed by atoms with Crippen molar-refractivity contribution in [1.29, 1.82) is 0 Å². The largest absolute Gasteiger partial charge is 0.482 e. The zero-order chi connectivity index (χ0) is 14.0. The van der Waals surface area contributed by atoms with Crippen molar-refractivity contribution in [3.8, 4) is 5.75 Å². The number of sulfonamides is 1. The maximum atomic E-state index is 11.9. The lowest BCUT2D eigenvalue weighted by atomic mass is 10.2. The molecular weight excluding hydrogens is 272 g/mol. The molecule has 1 aliphatic rings. The fourth-order valence-corrected chi connectivity index (χ4v) is 2.69. The summed E-state index contributed by atoms with van der Waals surface area (Å²) in [6.45, 7) is 1.31. The predicted octanol–water partition coefficient (Wildman–Crippen LogP) is -0.323. The minimum atomic E-state index is -3.72. The Morgan fingerprint density at radius 3 is 2.95 bits per heavy atom. The summed E-state index contributed by atoms with van der Waals surface area (Å²) in [5, 5.41) is 11.6. The topological polar surface area (TPSA) is 105 Å². The average molecular weight is 286 g/mol. The molecule has 1 atom stereocenters. The highest BCUT2D eigenvalue weighted by atomic mass is 32.2. The lowest BCUT2D eigenvalue weighted by Crippen LogP contribution is -2.31. The Kier molecular flexibility index (Phi) is 3.74. The summed E-state index contributed by atoms with van der Waals surface area (Å²) < 4.78 is 31.3. The molecule has 3 N–H and O–H groups in total. The number of nitrogens with one attached hydrogen (secondary N) is 2. The molecule has 19 heavy (non-hydrogen) atoms. The van der Waals surface area contributed by atoms with E-state index in [0.29, 0.717) is 11.4 Å². The highest BCUT2D eigenvalue weighted by Gasteiger charge is 2.20. The van der Waals surface area contributed by atoms with Crippen molar-refractivity contribution < 1.29 is 23.1 Å². The van der Waals surface area contributed by atoms with Crippen molar-refractivity contribution in [1.82, 2.24) is 4.72 Å². The average Bonchev–Trinajstić information content (AvgIpc) is 2.35. The number of hydrogen-bond acceptors (Lipinski definition) is 5. The quantitative estimate of drug-likeness (QED) is 0.703. The van der Waals surface area contributed by atoms with Crippen molar-refractivity contribution in [2.24, 2.45) is 0 Å². The Hall–Kier alpha value is -1.64. The Morgan fingerprint density at radius 1 is 1.53 bits per heavy atom. The lowest BCUT2D eigenvalue weighted by Gasteiger charge is -2.18. The number of carbonyl (C=O) groups is 1. The number of aliphatic hydroxyl groups excluding tert-OH is 1. The van der Waals surface area contributed by atoms with Crippen LogP contribution in [0.25, 0.3) is 0 Å². The van der Waals surface area contributed by atoms with Gasteiger partial charge in [-0.05, 0) is 25.1 Å². The first-order valence-corrected chi connectivity index (χ1v) is 7.11.